The number of rotatable bonds is 4. The molecule has 0 aliphatic rings. The zero-order valence-electron chi connectivity index (χ0n) is 10.8. The van der Waals surface area contributed by atoms with Gasteiger partial charge < -0.3 is 10.3 Å². The van der Waals surface area contributed by atoms with Crippen molar-refractivity contribution in [2.75, 3.05) is 12.0 Å². The molecule has 1 heterocycles. The zero-order valence-corrected chi connectivity index (χ0v) is 11.6. The highest BCUT2D eigenvalue weighted by atomic mass is 32.2. The van der Waals surface area contributed by atoms with E-state index in [-0.39, 0.29) is 5.25 Å². The molecule has 0 amide bonds. The summed E-state index contributed by atoms with van der Waals surface area (Å²) in [4.78, 5) is 0. The zero-order chi connectivity index (χ0) is 13.2. The summed E-state index contributed by atoms with van der Waals surface area (Å²) in [6, 6.07) is 2.13. The summed E-state index contributed by atoms with van der Waals surface area (Å²) in [5.41, 5.74) is 8.47. The van der Waals surface area contributed by atoms with Crippen LogP contribution in [0.15, 0.2) is 0 Å². The van der Waals surface area contributed by atoms with E-state index >= 15 is 0 Å². The van der Waals surface area contributed by atoms with Crippen molar-refractivity contribution < 1.29 is 4.21 Å². The molecule has 17 heavy (non-hydrogen) atoms. The lowest BCUT2D eigenvalue weighted by Crippen LogP contribution is -2.14. The number of nitriles is 1. The molecular weight excluding hydrogens is 234 g/mol. The predicted octanol–water partition coefficient (Wildman–Crippen LogP) is 1.72. The molecule has 0 saturated heterocycles. The molecule has 1 aromatic heterocycles. The Kier molecular flexibility index (Phi) is 4.35. The third kappa shape index (κ3) is 2.70. The Morgan fingerprint density at radius 1 is 1.53 bits per heavy atom. The van der Waals surface area contributed by atoms with Crippen LogP contribution >= 0.6 is 0 Å². The summed E-state index contributed by atoms with van der Waals surface area (Å²) in [5, 5.41) is 9.15. The largest absolute Gasteiger partial charge is 0.384 e. The molecule has 0 aromatic carbocycles. The van der Waals surface area contributed by atoms with Gasteiger partial charge in [0.15, 0.2) is 0 Å². The molecule has 0 fully saturated rings. The maximum Gasteiger partial charge on any atom is 0.122 e. The monoisotopic (exact) mass is 253 g/mol. The van der Waals surface area contributed by atoms with Crippen LogP contribution < -0.4 is 5.73 Å². The standard InChI is InChI=1S/C12H19N3OS/c1-8(17(4)16)5-6-15-10(3)9(2)11(7-13)12(15)14/h8H,5-6,14H2,1-4H3. The Morgan fingerprint density at radius 2 is 2.12 bits per heavy atom. The van der Waals surface area contributed by atoms with Gasteiger partial charge in [-0.15, -0.1) is 0 Å². The van der Waals surface area contributed by atoms with E-state index in [1.807, 2.05) is 25.3 Å². The van der Waals surface area contributed by atoms with Gasteiger partial charge in [-0.1, -0.05) is 6.92 Å². The van der Waals surface area contributed by atoms with Crippen molar-refractivity contribution in [2.24, 2.45) is 0 Å². The van der Waals surface area contributed by atoms with Crippen LogP contribution in [-0.2, 0) is 17.3 Å². The second-order valence-electron chi connectivity index (χ2n) is 4.33. The van der Waals surface area contributed by atoms with E-state index in [1.54, 1.807) is 6.26 Å². The fourth-order valence-electron chi connectivity index (χ4n) is 1.80. The Bertz CT molecular complexity index is 485. The number of anilines is 1. The first-order valence-electron chi connectivity index (χ1n) is 5.57. The van der Waals surface area contributed by atoms with Gasteiger partial charge in [-0.25, -0.2) is 0 Å². The first-order valence-corrected chi connectivity index (χ1v) is 7.19. The summed E-state index contributed by atoms with van der Waals surface area (Å²) in [5.74, 6) is 0.525. The minimum absolute atomic E-state index is 0.141. The number of nitrogens with two attached hydrogens (primary N) is 1. The van der Waals surface area contributed by atoms with Crippen LogP contribution in [0.5, 0.6) is 0 Å². The molecule has 1 rings (SSSR count). The molecule has 1 aromatic rings. The summed E-state index contributed by atoms with van der Waals surface area (Å²) >= 11 is 0. The number of aromatic nitrogens is 1. The van der Waals surface area contributed by atoms with Crippen molar-refractivity contribution in [3.63, 3.8) is 0 Å². The van der Waals surface area contributed by atoms with E-state index in [4.69, 9.17) is 11.0 Å². The van der Waals surface area contributed by atoms with Crippen LogP contribution in [0.4, 0.5) is 5.82 Å². The second kappa shape index (κ2) is 5.37. The van der Waals surface area contributed by atoms with Gasteiger partial charge in [-0.3, -0.25) is 4.21 Å². The van der Waals surface area contributed by atoms with Gasteiger partial charge in [0.2, 0.25) is 0 Å². The molecule has 0 aliphatic heterocycles. The molecule has 0 spiro atoms. The number of hydrogen-bond donors (Lipinski definition) is 1. The van der Waals surface area contributed by atoms with Crippen molar-refractivity contribution in [2.45, 2.75) is 39.0 Å². The van der Waals surface area contributed by atoms with Crippen LogP contribution in [0.3, 0.4) is 0 Å². The van der Waals surface area contributed by atoms with E-state index in [9.17, 15) is 4.21 Å². The summed E-state index contributed by atoms with van der Waals surface area (Å²) in [6.45, 7) is 6.53. The van der Waals surface area contributed by atoms with Crippen molar-refractivity contribution in [1.29, 1.82) is 5.26 Å². The van der Waals surface area contributed by atoms with Gasteiger partial charge in [0.25, 0.3) is 0 Å². The highest BCUT2D eigenvalue weighted by Crippen LogP contribution is 2.24. The van der Waals surface area contributed by atoms with E-state index < -0.39 is 10.8 Å². The third-order valence-electron chi connectivity index (χ3n) is 3.31. The molecule has 2 atom stereocenters. The van der Waals surface area contributed by atoms with Gasteiger partial charge in [0.1, 0.15) is 11.9 Å². The first kappa shape index (κ1) is 13.8. The summed E-state index contributed by atoms with van der Waals surface area (Å²) in [7, 11) is -0.817. The average Bonchev–Trinajstić information content (AvgIpc) is 2.48. The Balaban J connectivity index is 2.94. The lowest BCUT2D eigenvalue weighted by atomic mass is 10.2. The molecule has 5 heteroatoms. The fourth-order valence-corrected chi connectivity index (χ4v) is 2.23. The molecular formula is C12H19N3OS. The fraction of sp³-hybridized carbons (Fsp3) is 0.583. The maximum atomic E-state index is 11.3. The van der Waals surface area contributed by atoms with Gasteiger partial charge in [-0.05, 0) is 25.8 Å². The third-order valence-corrected chi connectivity index (χ3v) is 4.68. The van der Waals surface area contributed by atoms with Crippen LogP contribution in [0.25, 0.3) is 0 Å². The Labute approximate surface area is 105 Å². The number of nitrogen functional groups attached to an aromatic ring is 1. The molecule has 0 aliphatic carbocycles. The van der Waals surface area contributed by atoms with E-state index in [0.29, 0.717) is 17.9 Å². The van der Waals surface area contributed by atoms with Gasteiger partial charge in [-0.2, -0.15) is 5.26 Å². The smallest absolute Gasteiger partial charge is 0.122 e. The predicted molar refractivity (Wildman–Crippen MR) is 71.2 cm³/mol. The molecule has 0 bridgehead atoms. The Morgan fingerprint density at radius 3 is 2.53 bits per heavy atom. The Hall–Kier alpha value is -1.28. The molecule has 2 N–H and O–H groups in total. The van der Waals surface area contributed by atoms with Crippen molar-refractivity contribution in [3.05, 3.63) is 16.8 Å². The van der Waals surface area contributed by atoms with Crippen LogP contribution in [0.1, 0.15) is 30.2 Å². The molecule has 94 valence electrons. The van der Waals surface area contributed by atoms with Crippen molar-refractivity contribution >= 4 is 16.6 Å². The minimum atomic E-state index is -0.817. The molecule has 0 radical (unpaired) electrons. The summed E-state index contributed by atoms with van der Waals surface area (Å²) < 4.78 is 13.2. The lowest BCUT2D eigenvalue weighted by Gasteiger charge is -2.12. The lowest BCUT2D eigenvalue weighted by molar-refractivity contribution is 0.616. The highest BCUT2D eigenvalue weighted by molar-refractivity contribution is 7.84. The van der Waals surface area contributed by atoms with Crippen molar-refractivity contribution in [3.8, 4) is 6.07 Å². The number of hydrogen-bond acceptors (Lipinski definition) is 3. The summed E-state index contributed by atoms with van der Waals surface area (Å²) in [6.07, 6.45) is 2.51. The van der Waals surface area contributed by atoms with Crippen LogP contribution in [-0.4, -0.2) is 20.3 Å². The quantitative estimate of drug-likeness (QED) is 0.888. The molecule has 2 unspecified atom stereocenters. The van der Waals surface area contributed by atoms with E-state index in [0.717, 1.165) is 17.7 Å². The second-order valence-corrected chi connectivity index (χ2v) is 6.13. The van der Waals surface area contributed by atoms with Crippen molar-refractivity contribution in [1.82, 2.24) is 4.57 Å². The maximum absolute atomic E-state index is 11.3. The SMILES string of the molecule is Cc1c(C#N)c(N)n(CCC(C)S(C)=O)c1C. The topological polar surface area (TPSA) is 71.8 Å². The molecule has 4 nitrogen and oxygen atoms in total. The average molecular weight is 253 g/mol. The molecule has 0 saturated carbocycles. The van der Waals surface area contributed by atoms with Gasteiger partial charge >= 0.3 is 0 Å². The van der Waals surface area contributed by atoms with Gasteiger partial charge in [0, 0.05) is 34.5 Å². The van der Waals surface area contributed by atoms with E-state index in [2.05, 4.69) is 6.07 Å². The highest BCUT2D eigenvalue weighted by Gasteiger charge is 2.16. The number of nitrogens with zero attached hydrogens (tertiary/aromatic N) is 2. The normalized spacial score (nSPS) is 14.3. The van der Waals surface area contributed by atoms with E-state index in [1.165, 1.54) is 0 Å². The van der Waals surface area contributed by atoms with Crippen LogP contribution in [0.2, 0.25) is 0 Å². The van der Waals surface area contributed by atoms with Gasteiger partial charge in [0.05, 0.1) is 5.56 Å². The first-order chi connectivity index (χ1) is 7.90. The minimum Gasteiger partial charge on any atom is -0.384 e. The van der Waals surface area contributed by atoms with Crippen LogP contribution in [0, 0.1) is 25.2 Å².